The second-order valence-corrected chi connectivity index (χ2v) is 5.33. The Morgan fingerprint density at radius 3 is 2.73 bits per heavy atom. The van der Waals surface area contributed by atoms with E-state index in [4.69, 9.17) is 9.47 Å². The van der Waals surface area contributed by atoms with Crippen molar-refractivity contribution < 1.29 is 14.3 Å². The number of Topliss-reactive ketones (excluding diaryl/α,β-unsaturated/α-hetero) is 1. The molecule has 1 aromatic rings. The zero-order valence-corrected chi connectivity index (χ0v) is 14.1. The molecule has 1 heterocycles. The minimum Gasteiger partial charge on any atom is -0.491 e. The molecule has 0 radical (unpaired) electrons. The van der Waals surface area contributed by atoms with Crippen LogP contribution in [0.3, 0.4) is 0 Å². The molecule has 1 aliphatic heterocycles. The van der Waals surface area contributed by atoms with Crippen molar-refractivity contribution in [3.05, 3.63) is 29.8 Å². The number of benzene rings is 1. The van der Waals surface area contributed by atoms with Crippen LogP contribution in [0.25, 0.3) is 0 Å². The zero-order chi connectivity index (χ0) is 14.9. The van der Waals surface area contributed by atoms with Crippen LogP contribution in [-0.4, -0.2) is 50.1 Å². The van der Waals surface area contributed by atoms with Gasteiger partial charge in [0.05, 0.1) is 18.8 Å². The van der Waals surface area contributed by atoms with Crippen LogP contribution in [0.15, 0.2) is 24.3 Å². The molecule has 124 valence electrons. The molecule has 0 unspecified atom stereocenters. The minimum absolute atomic E-state index is 0. The van der Waals surface area contributed by atoms with Crippen LogP contribution in [-0.2, 0) is 4.74 Å². The number of ether oxygens (including phenoxy) is 2. The van der Waals surface area contributed by atoms with Gasteiger partial charge in [0, 0.05) is 26.1 Å². The maximum atomic E-state index is 12.2. The molecule has 0 N–H and O–H groups in total. The monoisotopic (exact) mass is 327 g/mol. The predicted octanol–water partition coefficient (Wildman–Crippen LogP) is 3.19. The molecule has 0 aromatic heterocycles. The smallest absolute Gasteiger partial charge is 0.166 e. The van der Waals surface area contributed by atoms with Crippen LogP contribution in [0, 0.1) is 0 Å². The Balaban J connectivity index is 0.00000242. The summed E-state index contributed by atoms with van der Waals surface area (Å²) in [5, 5.41) is 0. The number of morpholine rings is 1. The van der Waals surface area contributed by atoms with Crippen LogP contribution in [0.5, 0.6) is 5.75 Å². The molecular formula is C17H26ClNO3. The predicted molar refractivity (Wildman–Crippen MR) is 90.3 cm³/mol. The van der Waals surface area contributed by atoms with E-state index in [0.717, 1.165) is 45.7 Å². The van der Waals surface area contributed by atoms with Crippen molar-refractivity contribution in [3.63, 3.8) is 0 Å². The second kappa shape index (κ2) is 10.6. The largest absolute Gasteiger partial charge is 0.491 e. The van der Waals surface area contributed by atoms with Crippen molar-refractivity contribution in [2.24, 2.45) is 0 Å². The first kappa shape index (κ1) is 18.9. The van der Waals surface area contributed by atoms with Crippen molar-refractivity contribution in [2.75, 3.05) is 39.5 Å². The van der Waals surface area contributed by atoms with Gasteiger partial charge in [-0.25, -0.2) is 0 Å². The first-order chi connectivity index (χ1) is 10.3. The van der Waals surface area contributed by atoms with Crippen molar-refractivity contribution in [3.8, 4) is 5.75 Å². The maximum Gasteiger partial charge on any atom is 0.166 e. The van der Waals surface area contributed by atoms with Gasteiger partial charge in [-0.2, -0.15) is 0 Å². The first-order valence-electron chi connectivity index (χ1n) is 7.86. The lowest BCUT2D eigenvalue weighted by Crippen LogP contribution is -2.38. The lowest BCUT2D eigenvalue weighted by atomic mass is 10.0. The molecule has 1 saturated heterocycles. The third-order valence-electron chi connectivity index (χ3n) is 3.71. The van der Waals surface area contributed by atoms with E-state index in [2.05, 4.69) is 11.8 Å². The summed E-state index contributed by atoms with van der Waals surface area (Å²) in [6.45, 7) is 7.09. The van der Waals surface area contributed by atoms with Gasteiger partial charge in [-0.1, -0.05) is 25.5 Å². The molecule has 0 bridgehead atoms. The Bertz CT molecular complexity index is 447. The number of para-hydroxylation sites is 1. The number of unbranched alkanes of at least 4 members (excludes halogenated alkanes) is 1. The summed E-state index contributed by atoms with van der Waals surface area (Å²) in [5.74, 6) is 0.894. The number of rotatable bonds is 8. The highest BCUT2D eigenvalue weighted by molar-refractivity contribution is 5.98. The molecule has 0 amide bonds. The molecule has 0 spiro atoms. The summed E-state index contributed by atoms with van der Waals surface area (Å²) in [5.41, 5.74) is 0.716. The van der Waals surface area contributed by atoms with Gasteiger partial charge < -0.3 is 9.47 Å². The van der Waals surface area contributed by atoms with E-state index in [9.17, 15) is 4.79 Å². The summed E-state index contributed by atoms with van der Waals surface area (Å²) in [6, 6.07) is 7.56. The van der Waals surface area contributed by atoms with E-state index in [1.54, 1.807) is 0 Å². The molecule has 0 atom stereocenters. The maximum absolute atomic E-state index is 12.2. The standard InChI is InChI=1S/C17H25NO3.ClH/c1-2-3-7-16(19)15-6-4-5-8-17(15)21-14-11-18-9-12-20-13-10-18;/h4-6,8H,2-3,7,9-14H2,1H3;1H. The fourth-order valence-electron chi connectivity index (χ4n) is 2.40. The average Bonchev–Trinajstić information content (AvgIpc) is 2.54. The molecule has 2 rings (SSSR count). The number of carbonyl (C=O) groups excluding carboxylic acids is 1. The van der Waals surface area contributed by atoms with E-state index in [1.165, 1.54) is 0 Å². The van der Waals surface area contributed by atoms with Gasteiger partial charge in [-0.15, -0.1) is 12.4 Å². The quantitative estimate of drug-likeness (QED) is 0.687. The molecule has 0 aliphatic carbocycles. The Kier molecular flexibility index (Phi) is 9.13. The lowest BCUT2D eigenvalue weighted by molar-refractivity contribution is 0.0322. The topological polar surface area (TPSA) is 38.8 Å². The van der Waals surface area contributed by atoms with E-state index < -0.39 is 0 Å². The second-order valence-electron chi connectivity index (χ2n) is 5.33. The van der Waals surface area contributed by atoms with Gasteiger partial charge in [-0.05, 0) is 18.6 Å². The summed E-state index contributed by atoms with van der Waals surface area (Å²) < 4.78 is 11.2. The fourth-order valence-corrected chi connectivity index (χ4v) is 2.40. The molecule has 0 saturated carbocycles. The summed E-state index contributed by atoms with van der Waals surface area (Å²) in [6.07, 6.45) is 2.56. The molecule has 1 aliphatic rings. The third kappa shape index (κ3) is 5.95. The van der Waals surface area contributed by atoms with E-state index in [-0.39, 0.29) is 18.2 Å². The van der Waals surface area contributed by atoms with Crippen molar-refractivity contribution in [1.82, 2.24) is 4.90 Å². The fraction of sp³-hybridized carbons (Fsp3) is 0.588. The van der Waals surface area contributed by atoms with Gasteiger partial charge in [0.2, 0.25) is 0 Å². The Hall–Kier alpha value is -1.10. The summed E-state index contributed by atoms with van der Waals surface area (Å²) in [7, 11) is 0. The van der Waals surface area contributed by atoms with E-state index >= 15 is 0 Å². The van der Waals surface area contributed by atoms with E-state index in [1.807, 2.05) is 24.3 Å². The van der Waals surface area contributed by atoms with Gasteiger partial charge in [-0.3, -0.25) is 9.69 Å². The number of halogens is 1. The normalized spacial score (nSPS) is 15.1. The number of carbonyl (C=O) groups is 1. The molecule has 4 nitrogen and oxygen atoms in total. The van der Waals surface area contributed by atoms with Crippen LogP contribution in [0.1, 0.15) is 36.5 Å². The van der Waals surface area contributed by atoms with Gasteiger partial charge in [0.25, 0.3) is 0 Å². The lowest BCUT2D eigenvalue weighted by Gasteiger charge is -2.26. The molecule has 1 aromatic carbocycles. The zero-order valence-electron chi connectivity index (χ0n) is 13.3. The molecule has 22 heavy (non-hydrogen) atoms. The van der Waals surface area contributed by atoms with Crippen molar-refractivity contribution in [2.45, 2.75) is 26.2 Å². The SMILES string of the molecule is CCCCC(=O)c1ccccc1OCCN1CCOCC1.Cl. The van der Waals surface area contributed by atoms with Gasteiger partial charge in [0.15, 0.2) is 5.78 Å². The molecule has 1 fully saturated rings. The summed E-state index contributed by atoms with van der Waals surface area (Å²) in [4.78, 5) is 14.5. The number of ketones is 1. The average molecular weight is 328 g/mol. The minimum atomic E-state index is 0. The number of hydrogen-bond acceptors (Lipinski definition) is 4. The van der Waals surface area contributed by atoms with Gasteiger partial charge >= 0.3 is 0 Å². The van der Waals surface area contributed by atoms with Crippen molar-refractivity contribution in [1.29, 1.82) is 0 Å². The Morgan fingerprint density at radius 1 is 1.27 bits per heavy atom. The van der Waals surface area contributed by atoms with E-state index in [0.29, 0.717) is 24.3 Å². The number of hydrogen-bond donors (Lipinski definition) is 0. The van der Waals surface area contributed by atoms with Crippen LogP contribution < -0.4 is 4.74 Å². The number of nitrogens with zero attached hydrogens (tertiary/aromatic N) is 1. The highest BCUT2D eigenvalue weighted by Crippen LogP contribution is 2.20. The highest BCUT2D eigenvalue weighted by Gasteiger charge is 2.13. The molecular weight excluding hydrogens is 302 g/mol. The van der Waals surface area contributed by atoms with Crippen LogP contribution in [0.4, 0.5) is 0 Å². The highest BCUT2D eigenvalue weighted by atomic mass is 35.5. The Labute approximate surface area is 139 Å². The summed E-state index contributed by atoms with van der Waals surface area (Å²) >= 11 is 0. The molecule has 5 heteroatoms. The van der Waals surface area contributed by atoms with Crippen LogP contribution >= 0.6 is 12.4 Å². The van der Waals surface area contributed by atoms with Crippen LogP contribution in [0.2, 0.25) is 0 Å². The van der Waals surface area contributed by atoms with Crippen molar-refractivity contribution >= 4 is 18.2 Å². The Morgan fingerprint density at radius 2 is 2.00 bits per heavy atom. The first-order valence-corrected chi connectivity index (χ1v) is 7.86. The van der Waals surface area contributed by atoms with Gasteiger partial charge in [0.1, 0.15) is 12.4 Å². The third-order valence-corrected chi connectivity index (χ3v) is 3.71.